The lowest BCUT2D eigenvalue weighted by molar-refractivity contribution is -0.122. The quantitative estimate of drug-likeness (QED) is 0.327. The van der Waals surface area contributed by atoms with Crippen molar-refractivity contribution < 1.29 is 9.47 Å². The maximum atomic E-state index is 6.79. The molecule has 0 bridgehead atoms. The van der Waals surface area contributed by atoms with Crippen LogP contribution in [0.2, 0.25) is 0 Å². The van der Waals surface area contributed by atoms with Gasteiger partial charge in [0.2, 0.25) is 0 Å². The molecular weight excluding hydrogens is 572 g/mol. The topological polar surface area (TPSA) is 116 Å². The van der Waals surface area contributed by atoms with Crippen molar-refractivity contribution >= 4 is 36.6 Å². The summed E-state index contributed by atoms with van der Waals surface area (Å²) in [4.78, 5) is 21.0. The van der Waals surface area contributed by atoms with Gasteiger partial charge >= 0.3 is 0 Å². The van der Waals surface area contributed by atoms with Gasteiger partial charge < -0.3 is 25.5 Å². The summed E-state index contributed by atoms with van der Waals surface area (Å²) >= 11 is 1.94. The van der Waals surface area contributed by atoms with Gasteiger partial charge in [-0.2, -0.15) is 0 Å². The monoisotopic (exact) mass is 611 g/mol. The first-order valence-corrected chi connectivity index (χ1v) is 16.5. The van der Waals surface area contributed by atoms with Gasteiger partial charge in [0.05, 0.1) is 58.4 Å². The van der Waals surface area contributed by atoms with Gasteiger partial charge in [0.15, 0.2) is 0 Å². The minimum absolute atomic E-state index is 0.0400. The summed E-state index contributed by atoms with van der Waals surface area (Å²) in [5.41, 5.74) is 6.77. The Morgan fingerprint density at radius 1 is 0.886 bits per heavy atom. The Balaban J connectivity index is 1.51. The van der Waals surface area contributed by atoms with Crippen LogP contribution in [0.3, 0.4) is 0 Å². The second-order valence-electron chi connectivity index (χ2n) is 12.2. The molecule has 0 aromatic heterocycles. The van der Waals surface area contributed by atoms with E-state index in [-0.39, 0.29) is 36.5 Å². The Hall–Kier alpha value is -3.25. The number of allylic oxidation sites excluding steroid dienone is 2. The number of ether oxygens (including phenoxy) is 2. The first-order chi connectivity index (χ1) is 21.8. The zero-order valence-corrected chi connectivity index (χ0v) is 25.4. The molecule has 0 amide bonds. The summed E-state index contributed by atoms with van der Waals surface area (Å²) in [5, 5.41) is 8.90. The molecule has 10 nitrogen and oxygen atoms in total. The number of hydrogen-bond acceptors (Lipinski definition) is 11. The summed E-state index contributed by atoms with van der Waals surface area (Å²) in [6.07, 6.45) is 32.7. The molecule has 1 fully saturated rings. The van der Waals surface area contributed by atoms with Crippen molar-refractivity contribution in [1.82, 2.24) is 21.5 Å². The Bertz CT molecular complexity index is 1390. The van der Waals surface area contributed by atoms with Gasteiger partial charge in [0.1, 0.15) is 12.3 Å². The SMILES string of the molecule is C1=CCC(C2(C3CN=CC=N3)C(C3=CCNN3)(C3C=CCN3)S[C](C3CC=CCO3)C2(C2N=CC=CN2)C2CC=CO2)N=C1. The van der Waals surface area contributed by atoms with E-state index < -0.39 is 15.6 Å². The van der Waals surface area contributed by atoms with E-state index >= 15 is 0 Å². The van der Waals surface area contributed by atoms with E-state index in [1.54, 1.807) is 0 Å². The van der Waals surface area contributed by atoms with E-state index in [1.807, 2.05) is 55.2 Å². The van der Waals surface area contributed by atoms with E-state index in [0.29, 0.717) is 13.2 Å². The maximum Gasteiger partial charge on any atom is 0.129 e. The molecule has 9 unspecified atom stereocenters. The number of nitrogens with zero attached hydrogens (tertiary/aromatic N) is 4. The van der Waals surface area contributed by atoms with E-state index in [0.717, 1.165) is 38.0 Å². The molecule has 0 aliphatic carbocycles. The molecule has 0 aromatic rings. The van der Waals surface area contributed by atoms with E-state index in [2.05, 4.69) is 70.1 Å². The zero-order valence-electron chi connectivity index (χ0n) is 24.6. The van der Waals surface area contributed by atoms with Gasteiger partial charge in [-0.3, -0.25) is 20.0 Å². The third-order valence-electron chi connectivity index (χ3n) is 10.3. The predicted molar refractivity (Wildman–Crippen MR) is 177 cm³/mol. The molecule has 4 N–H and O–H groups in total. The number of hydrazine groups is 1. The van der Waals surface area contributed by atoms with Crippen LogP contribution in [0.25, 0.3) is 0 Å². The second-order valence-corrected chi connectivity index (χ2v) is 13.5. The highest BCUT2D eigenvalue weighted by atomic mass is 32.2. The molecular formula is C33H39N8O2S. The van der Waals surface area contributed by atoms with E-state index in [4.69, 9.17) is 29.4 Å². The lowest BCUT2D eigenvalue weighted by atomic mass is 9.43. The first-order valence-electron chi connectivity index (χ1n) is 15.7. The van der Waals surface area contributed by atoms with Crippen molar-refractivity contribution in [2.24, 2.45) is 30.8 Å². The molecule has 8 aliphatic heterocycles. The number of aliphatic imine (C=N–C) groups is 4. The summed E-state index contributed by atoms with van der Waals surface area (Å²) in [6.45, 7) is 2.62. The molecule has 11 heteroatoms. The molecule has 8 aliphatic rings. The van der Waals surface area contributed by atoms with Crippen LogP contribution < -0.4 is 21.5 Å². The molecule has 44 heavy (non-hydrogen) atoms. The summed E-state index contributed by atoms with van der Waals surface area (Å²) in [6, 6.07) is -0.448. The zero-order chi connectivity index (χ0) is 29.5. The average Bonchev–Trinajstić information content (AvgIpc) is 3.93. The van der Waals surface area contributed by atoms with Crippen LogP contribution in [0.15, 0.2) is 92.8 Å². The highest BCUT2D eigenvalue weighted by Crippen LogP contribution is 2.79. The summed E-state index contributed by atoms with van der Waals surface area (Å²) in [7, 11) is 0. The molecule has 0 saturated carbocycles. The van der Waals surface area contributed by atoms with Crippen molar-refractivity contribution in [3.05, 3.63) is 78.1 Å². The highest BCUT2D eigenvalue weighted by Gasteiger charge is 2.85. The Morgan fingerprint density at radius 3 is 2.52 bits per heavy atom. The van der Waals surface area contributed by atoms with Crippen LogP contribution in [0.1, 0.15) is 19.3 Å². The molecule has 229 valence electrons. The van der Waals surface area contributed by atoms with Gasteiger partial charge in [-0.1, -0.05) is 30.4 Å². The van der Waals surface area contributed by atoms with Crippen LogP contribution in [0.4, 0.5) is 0 Å². The van der Waals surface area contributed by atoms with Gasteiger partial charge in [-0.05, 0) is 43.3 Å². The summed E-state index contributed by atoms with van der Waals surface area (Å²) in [5.74, 6) is 0. The molecule has 9 atom stereocenters. The largest absolute Gasteiger partial charge is 0.497 e. The minimum Gasteiger partial charge on any atom is -0.497 e. The van der Waals surface area contributed by atoms with Gasteiger partial charge in [0, 0.05) is 56.1 Å². The number of thioether (sulfide) groups is 1. The van der Waals surface area contributed by atoms with Gasteiger partial charge in [-0.15, -0.1) is 11.8 Å². The summed E-state index contributed by atoms with van der Waals surface area (Å²) < 4.78 is 12.9. The average molecular weight is 612 g/mol. The van der Waals surface area contributed by atoms with Crippen LogP contribution in [0, 0.1) is 16.1 Å². The standard InChI is InChI=1S/C33H39N8O2S/c1-3-13-35-24(9-1)32(27-22-34-18-19-37-27)31(28-11-6-21-43-28,30-38-15-7-16-39-30)29(23-8-2-4-20-42-23)44-33(32,25-10-5-14-36-25)26-12-17-40-41-26/h1-7,10,12-13,15-16,18-19,21,23-25,27-28,30,36,38,40-41H,8-9,11,14,17,20,22H2. The van der Waals surface area contributed by atoms with Crippen LogP contribution in [0.5, 0.6) is 0 Å². The molecule has 1 saturated heterocycles. The lowest BCUT2D eigenvalue weighted by Gasteiger charge is -2.63. The van der Waals surface area contributed by atoms with E-state index in [1.165, 1.54) is 5.25 Å². The molecule has 0 spiro atoms. The minimum atomic E-state index is -0.746. The Labute approximate surface area is 262 Å². The number of rotatable bonds is 7. The fourth-order valence-electron chi connectivity index (χ4n) is 8.97. The van der Waals surface area contributed by atoms with Crippen LogP contribution in [-0.4, -0.2) is 92.3 Å². The first kappa shape index (κ1) is 28.2. The number of dihydropyridines is 1. The smallest absolute Gasteiger partial charge is 0.129 e. The van der Waals surface area contributed by atoms with Crippen molar-refractivity contribution in [2.45, 2.75) is 60.5 Å². The normalized spacial score (nSPS) is 43.9. The lowest BCUT2D eigenvalue weighted by Crippen LogP contribution is -2.76. The molecule has 1 radical (unpaired) electrons. The van der Waals surface area contributed by atoms with Gasteiger partial charge in [0.25, 0.3) is 0 Å². The number of nitrogens with one attached hydrogen (secondary N) is 4. The maximum absolute atomic E-state index is 6.79. The molecule has 8 heterocycles. The third kappa shape index (κ3) is 3.92. The fraction of sp³-hybridized carbons (Fsp3) is 0.485. The Morgan fingerprint density at radius 2 is 1.84 bits per heavy atom. The van der Waals surface area contributed by atoms with Crippen molar-refractivity contribution in [3.63, 3.8) is 0 Å². The highest BCUT2D eigenvalue weighted by molar-refractivity contribution is 8.04. The third-order valence-corrected chi connectivity index (χ3v) is 12.3. The molecule has 0 aromatic carbocycles. The molecule has 8 rings (SSSR count). The van der Waals surface area contributed by atoms with Crippen LogP contribution in [-0.2, 0) is 9.47 Å². The second kappa shape index (κ2) is 11.6. The number of hydrogen-bond donors (Lipinski definition) is 4. The predicted octanol–water partition coefficient (Wildman–Crippen LogP) is 2.58. The van der Waals surface area contributed by atoms with Crippen molar-refractivity contribution in [3.8, 4) is 0 Å². The van der Waals surface area contributed by atoms with Crippen molar-refractivity contribution in [1.29, 1.82) is 0 Å². The fourth-order valence-corrected chi connectivity index (χ4v) is 11.3. The van der Waals surface area contributed by atoms with Crippen LogP contribution >= 0.6 is 11.8 Å². The van der Waals surface area contributed by atoms with Gasteiger partial charge in [-0.25, -0.2) is 5.43 Å². The van der Waals surface area contributed by atoms with Crippen molar-refractivity contribution in [2.75, 3.05) is 26.2 Å². The van der Waals surface area contributed by atoms with E-state index in [9.17, 15) is 0 Å². The Kier molecular flexibility index (Phi) is 7.44.